The van der Waals surface area contributed by atoms with Gasteiger partial charge in [0.1, 0.15) is 10.9 Å². The molecule has 0 saturated carbocycles. The van der Waals surface area contributed by atoms with Gasteiger partial charge in [-0.2, -0.15) is 0 Å². The fourth-order valence-electron chi connectivity index (χ4n) is 4.65. The fourth-order valence-corrected chi connectivity index (χ4v) is 6.70. The van der Waals surface area contributed by atoms with E-state index in [4.69, 9.17) is 0 Å². The normalized spacial score (nSPS) is 14.5. The Morgan fingerprint density at radius 1 is 0.974 bits per heavy atom. The Kier molecular flexibility index (Phi) is 9.19. The van der Waals surface area contributed by atoms with Gasteiger partial charge in [-0.3, -0.25) is 14.4 Å². The third kappa shape index (κ3) is 6.57. The SMILES string of the molecule is CCNC(=O)[C@H](Cc1ccccc1)N(Cc1cccc(Br)c1)C(=O)CCCN1C(=O)c2ccccc2S1(=O)=O. The molecule has 0 fully saturated rings. The van der Waals surface area contributed by atoms with E-state index >= 15 is 0 Å². The van der Waals surface area contributed by atoms with Gasteiger partial charge < -0.3 is 10.2 Å². The first-order valence-corrected chi connectivity index (χ1v) is 15.0. The van der Waals surface area contributed by atoms with Crippen molar-refractivity contribution in [2.75, 3.05) is 13.1 Å². The first kappa shape index (κ1) is 28.5. The van der Waals surface area contributed by atoms with Crippen LogP contribution < -0.4 is 5.32 Å². The molecule has 204 valence electrons. The van der Waals surface area contributed by atoms with E-state index in [2.05, 4.69) is 21.2 Å². The van der Waals surface area contributed by atoms with Crippen LogP contribution in [0.3, 0.4) is 0 Å². The smallest absolute Gasteiger partial charge is 0.269 e. The molecule has 4 rings (SSSR count). The second-order valence-electron chi connectivity index (χ2n) is 9.23. The Hall–Kier alpha value is -3.50. The van der Waals surface area contributed by atoms with Gasteiger partial charge in [0.15, 0.2) is 0 Å². The summed E-state index contributed by atoms with van der Waals surface area (Å²) in [5.74, 6) is -1.16. The number of carbonyl (C=O) groups is 3. The standard InChI is InChI=1S/C29H30BrN3O5S/c1-2-31-28(35)25(19-21-10-4-3-5-11-21)32(20-22-12-8-13-23(30)18-22)27(34)16-9-17-33-29(36)24-14-6-7-15-26(24)39(33,37)38/h3-8,10-15,18,25H,2,9,16-17,19-20H2,1H3,(H,31,35)/t25-/m0/s1. The largest absolute Gasteiger partial charge is 0.355 e. The van der Waals surface area contributed by atoms with Crippen LogP contribution in [0.4, 0.5) is 0 Å². The molecule has 3 aromatic rings. The Balaban J connectivity index is 1.55. The summed E-state index contributed by atoms with van der Waals surface area (Å²) >= 11 is 3.46. The van der Waals surface area contributed by atoms with Gasteiger partial charge in [0.05, 0.1) is 5.56 Å². The highest BCUT2D eigenvalue weighted by molar-refractivity contribution is 9.10. The predicted octanol–water partition coefficient (Wildman–Crippen LogP) is 4.15. The van der Waals surface area contributed by atoms with Crippen LogP contribution in [0.25, 0.3) is 0 Å². The molecular formula is C29H30BrN3O5S. The molecule has 0 unspecified atom stereocenters. The van der Waals surface area contributed by atoms with Crippen molar-refractivity contribution in [1.29, 1.82) is 0 Å². The van der Waals surface area contributed by atoms with Crippen molar-refractivity contribution < 1.29 is 22.8 Å². The van der Waals surface area contributed by atoms with Crippen molar-refractivity contribution in [3.63, 3.8) is 0 Å². The van der Waals surface area contributed by atoms with Crippen LogP contribution in [0.15, 0.2) is 88.2 Å². The summed E-state index contributed by atoms with van der Waals surface area (Å²) in [7, 11) is -3.96. The number of hydrogen-bond acceptors (Lipinski definition) is 5. The number of nitrogens with one attached hydrogen (secondary N) is 1. The second kappa shape index (κ2) is 12.6. The first-order chi connectivity index (χ1) is 18.7. The van der Waals surface area contributed by atoms with Crippen molar-refractivity contribution in [2.45, 2.75) is 43.7 Å². The average Bonchev–Trinajstić information content (AvgIpc) is 3.12. The lowest BCUT2D eigenvalue weighted by molar-refractivity contribution is -0.141. The molecular weight excluding hydrogens is 582 g/mol. The topological polar surface area (TPSA) is 104 Å². The van der Waals surface area contributed by atoms with E-state index in [0.29, 0.717) is 13.0 Å². The lowest BCUT2D eigenvalue weighted by Crippen LogP contribution is -2.50. The number of carbonyl (C=O) groups excluding carboxylic acids is 3. The Morgan fingerprint density at radius 2 is 1.67 bits per heavy atom. The number of fused-ring (bicyclic) bond motifs is 1. The third-order valence-corrected chi connectivity index (χ3v) is 8.86. The van der Waals surface area contributed by atoms with Crippen LogP contribution in [0.5, 0.6) is 0 Å². The third-order valence-electron chi connectivity index (χ3n) is 6.53. The van der Waals surface area contributed by atoms with Crippen LogP contribution in [0.2, 0.25) is 0 Å². The van der Waals surface area contributed by atoms with Crippen molar-refractivity contribution in [3.8, 4) is 0 Å². The number of likely N-dealkylation sites (N-methyl/N-ethyl adjacent to an activating group) is 1. The zero-order valence-corrected chi connectivity index (χ0v) is 23.9. The van der Waals surface area contributed by atoms with Crippen LogP contribution in [-0.4, -0.2) is 54.5 Å². The Bertz CT molecular complexity index is 1460. The molecule has 0 bridgehead atoms. The van der Waals surface area contributed by atoms with Crippen LogP contribution in [0.1, 0.15) is 41.3 Å². The maximum absolute atomic E-state index is 13.7. The molecule has 39 heavy (non-hydrogen) atoms. The highest BCUT2D eigenvalue weighted by Gasteiger charge is 2.40. The molecule has 1 aliphatic rings. The van der Waals surface area contributed by atoms with E-state index < -0.39 is 22.0 Å². The second-order valence-corrected chi connectivity index (χ2v) is 12.0. The molecule has 3 amide bonds. The van der Waals surface area contributed by atoms with Gasteiger partial charge in [0, 0.05) is 36.9 Å². The van der Waals surface area contributed by atoms with E-state index in [1.807, 2.05) is 61.5 Å². The van der Waals surface area contributed by atoms with Gasteiger partial charge in [0.25, 0.3) is 15.9 Å². The van der Waals surface area contributed by atoms with Gasteiger partial charge in [0.2, 0.25) is 11.8 Å². The van der Waals surface area contributed by atoms with Crippen LogP contribution in [-0.2, 0) is 32.6 Å². The van der Waals surface area contributed by atoms with Crippen molar-refractivity contribution in [1.82, 2.24) is 14.5 Å². The minimum absolute atomic E-state index is 0.0169. The molecule has 0 aliphatic carbocycles. The number of halogens is 1. The molecule has 3 aromatic carbocycles. The zero-order valence-electron chi connectivity index (χ0n) is 21.5. The Morgan fingerprint density at radius 3 is 2.36 bits per heavy atom. The van der Waals surface area contributed by atoms with E-state index in [9.17, 15) is 22.8 Å². The summed E-state index contributed by atoms with van der Waals surface area (Å²) in [6, 6.07) is 22.3. The van der Waals surface area contributed by atoms with Crippen LogP contribution in [0, 0.1) is 0 Å². The molecule has 0 spiro atoms. The molecule has 0 radical (unpaired) electrons. The number of nitrogens with zero attached hydrogens (tertiary/aromatic N) is 2. The van der Waals surface area contributed by atoms with Crippen molar-refractivity contribution in [3.05, 3.63) is 100 Å². The summed E-state index contributed by atoms with van der Waals surface area (Å²) in [5, 5.41) is 2.85. The molecule has 1 N–H and O–H groups in total. The average molecular weight is 613 g/mol. The predicted molar refractivity (Wildman–Crippen MR) is 151 cm³/mol. The maximum atomic E-state index is 13.7. The first-order valence-electron chi connectivity index (χ1n) is 12.7. The zero-order chi connectivity index (χ0) is 28.0. The lowest BCUT2D eigenvalue weighted by atomic mass is 10.0. The number of rotatable bonds is 11. The molecule has 0 aromatic heterocycles. The number of benzene rings is 3. The summed E-state index contributed by atoms with van der Waals surface area (Å²) in [5.41, 5.74) is 1.89. The minimum Gasteiger partial charge on any atom is -0.355 e. The van der Waals surface area contributed by atoms with Crippen molar-refractivity contribution in [2.24, 2.45) is 0 Å². The molecule has 0 saturated heterocycles. The number of sulfonamides is 1. The van der Waals surface area contributed by atoms with Gasteiger partial charge in [-0.05, 0) is 48.7 Å². The summed E-state index contributed by atoms with van der Waals surface area (Å²) in [6.07, 6.45) is 0.412. The molecule has 10 heteroatoms. The number of amides is 3. The molecule has 1 aliphatic heterocycles. The van der Waals surface area contributed by atoms with Crippen molar-refractivity contribution >= 4 is 43.7 Å². The quantitative estimate of drug-likeness (QED) is 0.351. The van der Waals surface area contributed by atoms with E-state index in [0.717, 1.165) is 19.9 Å². The molecule has 8 nitrogen and oxygen atoms in total. The van der Waals surface area contributed by atoms with Gasteiger partial charge in [-0.15, -0.1) is 0 Å². The summed E-state index contributed by atoms with van der Waals surface area (Å²) in [4.78, 5) is 41.2. The minimum atomic E-state index is -3.96. The molecule has 1 heterocycles. The maximum Gasteiger partial charge on any atom is 0.269 e. The summed E-state index contributed by atoms with van der Waals surface area (Å²) in [6.45, 7) is 2.30. The number of hydrogen-bond donors (Lipinski definition) is 1. The fraction of sp³-hybridized carbons (Fsp3) is 0.276. The summed E-state index contributed by atoms with van der Waals surface area (Å²) < 4.78 is 27.5. The monoisotopic (exact) mass is 611 g/mol. The molecule has 1 atom stereocenters. The van der Waals surface area contributed by atoms with E-state index in [-0.39, 0.29) is 48.2 Å². The highest BCUT2D eigenvalue weighted by Crippen LogP contribution is 2.30. The van der Waals surface area contributed by atoms with Crippen LogP contribution >= 0.6 is 15.9 Å². The van der Waals surface area contributed by atoms with Gasteiger partial charge >= 0.3 is 0 Å². The van der Waals surface area contributed by atoms with Gasteiger partial charge in [-0.25, -0.2) is 12.7 Å². The Labute approximate surface area is 237 Å². The lowest BCUT2D eigenvalue weighted by Gasteiger charge is -2.31. The van der Waals surface area contributed by atoms with E-state index in [1.165, 1.54) is 12.1 Å². The van der Waals surface area contributed by atoms with Gasteiger partial charge in [-0.1, -0.05) is 70.5 Å². The highest BCUT2D eigenvalue weighted by atomic mass is 79.9. The van der Waals surface area contributed by atoms with E-state index in [1.54, 1.807) is 17.0 Å².